The molecule has 3 unspecified atom stereocenters. The summed E-state index contributed by atoms with van der Waals surface area (Å²) in [7, 11) is 0. The van der Waals surface area contributed by atoms with Gasteiger partial charge < -0.3 is 16.0 Å². The maximum Gasteiger partial charge on any atom is 0.227 e. The van der Waals surface area contributed by atoms with Gasteiger partial charge >= 0.3 is 0 Å². The normalized spacial score (nSPS) is 23.6. The minimum atomic E-state index is 0.519. The highest BCUT2D eigenvalue weighted by molar-refractivity contribution is 5.62. The third-order valence-corrected chi connectivity index (χ3v) is 6.30. The maximum absolute atomic E-state index is 4.71. The van der Waals surface area contributed by atoms with Crippen LogP contribution in [-0.4, -0.2) is 70.2 Å². The van der Waals surface area contributed by atoms with Gasteiger partial charge in [-0.3, -0.25) is 9.80 Å². The first-order valence-corrected chi connectivity index (χ1v) is 11.8. The SMILES string of the molecule is CC1CN2CCN1Cc1cccc(c1)Nc1nccc(n1)-c1ccc(nc1)NCCCNC2. The van der Waals surface area contributed by atoms with E-state index in [0.717, 1.165) is 75.1 Å². The second kappa shape index (κ2) is 10.2. The molecule has 0 amide bonds. The van der Waals surface area contributed by atoms with E-state index in [1.54, 1.807) is 6.20 Å². The molecule has 8 heteroatoms. The molecule has 8 bridgehead atoms. The van der Waals surface area contributed by atoms with Crippen LogP contribution in [0.25, 0.3) is 11.3 Å². The van der Waals surface area contributed by atoms with Crippen LogP contribution < -0.4 is 16.0 Å². The Hall–Kier alpha value is -3.07. The van der Waals surface area contributed by atoms with E-state index in [9.17, 15) is 0 Å². The monoisotopic (exact) mass is 444 g/mol. The molecule has 0 saturated carbocycles. The highest BCUT2D eigenvalue weighted by Crippen LogP contribution is 2.22. The lowest BCUT2D eigenvalue weighted by Crippen LogP contribution is -2.53. The fraction of sp³-hybridized carbons (Fsp3) is 0.400. The molecular formula is C25H32N8. The van der Waals surface area contributed by atoms with Crippen molar-refractivity contribution in [2.45, 2.75) is 25.9 Å². The van der Waals surface area contributed by atoms with Crippen molar-refractivity contribution >= 4 is 17.5 Å². The van der Waals surface area contributed by atoms with Crippen molar-refractivity contribution in [3.05, 3.63) is 60.4 Å². The summed E-state index contributed by atoms with van der Waals surface area (Å²) in [5.74, 6) is 1.47. The zero-order valence-corrected chi connectivity index (χ0v) is 19.2. The molecule has 1 saturated heterocycles. The van der Waals surface area contributed by atoms with Crippen LogP contribution in [-0.2, 0) is 6.54 Å². The first kappa shape index (κ1) is 21.8. The summed E-state index contributed by atoms with van der Waals surface area (Å²) in [6.07, 6.45) is 4.70. The molecule has 172 valence electrons. The Labute approximate surface area is 195 Å². The van der Waals surface area contributed by atoms with Gasteiger partial charge in [-0.05, 0) is 55.8 Å². The molecule has 3 N–H and O–H groups in total. The molecule has 0 aliphatic carbocycles. The number of aromatic nitrogens is 3. The number of hydrogen-bond donors (Lipinski definition) is 3. The van der Waals surface area contributed by atoms with Crippen molar-refractivity contribution < 1.29 is 0 Å². The van der Waals surface area contributed by atoms with E-state index in [1.807, 2.05) is 24.4 Å². The van der Waals surface area contributed by atoms with E-state index in [2.05, 4.69) is 66.9 Å². The fourth-order valence-corrected chi connectivity index (χ4v) is 4.46. The summed E-state index contributed by atoms with van der Waals surface area (Å²) >= 11 is 0. The van der Waals surface area contributed by atoms with Gasteiger partial charge in [0.05, 0.1) is 5.69 Å². The van der Waals surface area contributed by atoms with Gasteiger partial charge in [-0.25, -0.2) is 15.0 Å². The fourth-order valence-electron chi connectivity index (χ4n) is 4.46. The van der Waals surface area contributed by atoms with Gasteiger partial charge in [0, 0.05) is 69.1 Å². The van der Waals surface area contributed by atoms with Crippen LogP contribution >= 0.6 is 0 Å². The number of hydrogen-bond acceptors (Lipinski definition) is 8. The van der Waals surface area contributed by atoms with Crippen LogP contribution in [0.5, 0.6) is 0 Å². The summed E-state index contributed by atoms with van der Waals surface area (Å²) in [6, 6.07) is 15.0. The molecule has 5 aliphatic heterocycles. The van der Waals surface area contributed by atoms with Gasteiger partial charge in [0.1, 0.15) is 5.82 Å². The number of benzene rings is 1. The van der Waals surface area contributed by atoms with Gasteiger partial charge in [0.2, 0.25) is 5.95 Å². The largest absolute Gasteiger partial charge is 0.370 e. The van der Waals surface area contributed by atoms with E-state index in [4.69, 9.17) is 4.98 Å². The Balaban J connectivity index is 1.38. The van der Waals surface area contributed by atoms with Gasteiger partial charge in [-0.1, -0.05) is 12.1 Å². The molecule has 5 aliphatic rings. The third-order valence-electron chi connectivity index (χ3n) is 6.30. The number of pyridine rings is 1. The average Bonchev–Trinajstić information content (AvgIpc) is 2.83. The summed E-state index contributed by atoms with van der Waals surface area (Å²) in [5, 5.41) is 10.4. The molecule has 0 spiro atoms. The molecule has 8 nitrogen and oxygen atoms in total. The lowest BCUT2D eigenvalue weighted by Gasteiger charge is -2.40. The van der Waals surface area contributed by atoms with Crippen LogP contribution in [0, 0.1) is 0 Å². The lowest BCUT2D eigenvalue weighted by atomic mass is 10.1. The standard InChI is InChI=1S/C25H32N8/c1-19-16-32-12-13-33(19)17-20-4-2-5-22(14-20)30-25-28-11-8-23(31-25)21-6-7-24(29-15-21)27-10-3-9-26-18-32/h2,4-8,11,14-15,19,26H,3,9-10,12-13,16-18H2,1H3,(H,27,29)(H,28,30,31). The van der Waals surface area contributed by atoms with E-state index in [0.29, 0.717) is 12.0 Å². The first-order valence-electron chi connectivity index (χ1n) is 11.8. The Bertz CT molecular complexity index is 1050. The summed E-state index contributed by atoms with van der Waals surface area (Å²) in [5.41, 5.74) is 4.11. The van der Waals surface area contributed by atoms with E-state index in [-0.39, 0.29) is 0 Å². The van der Waals surface area contributed by atoms with E-state index < -0.39 is 0 Å². The van der Waals surface area contributed by atoms with Crippen molar-refractivity contribution in [2.75, 3.05) is 50.0 Å². The van der Waals surface area contributed by atoms with Crippen LogP contribution in [0.2, 0.25) is 0 Å². The second-order valence-corrected chi connectivity index (χ2v) is 8.86. The van der Waals surface area contributed by atoms with Crippen LogP contribution in [0.15, 0.2) is 54.9 Å². The predicted molar refractivity (Wildman–Crippen MR) is 132 cm³/mol. The highest BCUT2D eigenvalue weighted by Gasteiger charge is 2.23. The van der Waals surface area contributed by atoms with Gasteiger partial charge in [-0.2, -0.15) is 0 Å². The Morgan fingerprint density at radius 1 is 1.03 bits per heavy atom. The topological polar surface area (TPSA) is 81.2 Å². The van der Waals surface area contributed by atoms with Gasteiger partial charge in [-0.15, -0.1) is 0 Å². The van der Waals surface area contributed by atoms with Crippen molar-refractivity contribution in [1.82, 2.24) is 30.1 Å². The van der Waals surface area contributed by atoms with Gasteiger partial charge in [0.25, 0.3) is 0 Å². The Morgan fingerprint density at radius 2 is 2.00 bits per heavy atom. The summed E-state index contributed by atoms with van der Waals surface area (Å²) in [4.78, 5) is 18.8. The smallest absolute Gasteiger partial charge is 0.227 e. The van der Waals surface area contributed by atoms with Crippen LogP contribution in [0.3, 0.4) is 0 Å². The molecule has 3 aromatic rings. The molecule has 33 heavy (non-hydrogen) atoms. The molecule has 1 aromatic carbocycles. The second-order valence-electron chi connectivity index (χ2n) is 8.86. The number of anilines is 3. The molecule has 0 radical (unpaired) electrons. The predicted octanol–water partition coefficient (Wildman–Crippen LogP) is 3.15. The third kappa shape index (κ3) is 5.65. The quantitative estimate of drug-likeness (QED) is 0.488. The Kier molecular flexibility index (Phi) is 6.76. The molecule has 2 aromatic heterocycles. The maximum atomic E-state index is 4.71. The first-order chi connectivity index (χ1) is 16.2. The van der Waals surface area contributed by atoms with E-state index in [1.165, 1.54) is 5.56 Å². The minimum absolute atomic E-state index is 0.519. The molecular weight excluding hydrogens is 412 g/mol. The zero-order valence-electron chi connectivity index (χ0n) is 19.2. The summed E-state index contributed by atoms with van der Waals surface area (Å²) in [6.45, 7) is 9.35. The number of rotatable bonds is 0. The van der Waals surface area contributed by atoms with Crippen molar-refractivity contribution in [2.24, 2.45) is 0 Å². The Morgan fingerprint density at radius 3 is 2.88 bits per heavy atom. The van der Waals surface area contributed by atoms with Crippen molar-refractivity contribution in [3.8, 4) is 11.3 Å². The summed E-state index contributed by atoms with van der Waals surface area (Å²) < 4.78 is 0. The molecule has 7 heterocycles. The van der Waals surface area contributed by atoms with Crippen LogP contribution in [0.1, 0.15) is 18.9 Å². The van der Waals surface area contributed by atoms with E-state index >= 15 is 0 Å². The molecule has 8 rings (SSSR count). The molecule has 3 atom stereocenters. The van der Waals surface area contributed by atoms with Gasteiger partial charge in [0.15, 0.2) is 0 Å². The molecule has 1 fully saturated rings. The highest BCUT2D eigenvalue weighted by atomic mass is 15.3. The zero-order chi connectivity index (χ0) is 22.5. The number of nitrogens with zero attached hydrogens (tertiary/aromatic N) is 5. The number of nitrogens with one attached hydrogen (secondary N) is 3. The van der Waals surface area contributed by atoms with Crippen molar-refractivity contribution in [3.63, 3.8) is 0 Å². The number of piperazine rings is 1. The van der Waals surface area contributed by atoms with Crippen molar-refractivity contribution in [1.29, 1.82) is 0 Å². The minimum Gasteiger partial charge on any atom is -0.370 e. The average molecular weight is 445 g/mol. The van der Waals surface area contributed by atoms with Crippen LogP contribution in [0.4, 0.5) is 17.5 Å². The lowest BCUT2D eigenvalue weighted by molar-refractivity contribution is 0.0728.